The van der Waals surface area contributed by atoms with E-state index >= 15 is 0 Å². The van der Waals surface area contributed by atoms with E-state index < -0.39 is 23.3 Å². The average Bonchev–Trinajstić information content (AvgIpc) is 2.90. The van der Waals surface area contributed by atoms with Crippen LogP contribution < -0.4 is 16.1 Å². The minimum atomic E-state index is -1.17. The summed E-state index contributed by atoms with van der Waals surface area (Å²) < 4.78 is 13.2. The Kier molecular flexibility index (Phi) is 5.29. The van der Waals surface area contributed by atoms with Crippen molar-refractivity contribution >= 4 is 46.6 Å². The van der Waals surface area contributed by atoms with Gasteiger partial charge in [-0.05, 0) is 42.4 Å². The highest BCUT2D eigenvalue weighted by atomic mass is 35.5. The number of hydrazine groups is 1. The number of anilines is 1. The topological polar surface area (TPSA) is 73.5 Å². The van der Waals surface area contributed by atoms with Gasteiger partial charge in [0.1, 0.15) is 11.4 Å². The van der Waals surface area contributed by atoms with E-state index in [4.69, 9.17) is 23.8 Å². The molecule has 1 heterocycles. The smallest absolute Gasteiger partial charge is 0.331 e. The Balaban J connectivity index is 1.77. The molecule has 0 bridgehead atoms. The lowest BCUT2D eigenvalue weighted by molar-refractivity contribution is -0.133. The van der Waals surface area contributed by atoms with Gasteiger partial charge in [-0.2, -0.15) is 5.01 Å². The number of imide groups is 1. The van der Waals surface area contributed by atoms with Crippen molar-refractivity contribution in [2.45, 2.75) is 18.9 Å². The zero-order valence-electron chi connectivity index (χ0n) is 14.3. The number of halogens is 2. The second-order valence-corrected chi connectivity index (χ2v) is 6.71. The second-order valence-electron chi connectivity index (χ2n) is 5.89. The van der Waals surface area contributed by atoms with Crippen LogP contribution >= 0.6 is 23.8 Å². The molecule has 9 heteroatoms. The van der Waals surface area contributed by atoms with Crippen molar-refractivity contribution in [1.82, 2.24) is 15.8 Å². The molecule has 3 rings (SSSR count). The largest absolute Gasteiger partial charge is 0.344 e. The summed E-state index contributed by atoms with van der Waals surface area (Å²) in [6.45, 7) is 1.81. The lowest BCUT2D eigenvalue weighted by Crippen LogP contribution is -2.49. The average molecular weight is 407 g/mol. The van der Waals surface area contributed by atoms with E-state index in [9.17, 15) is 14.0 Å². The number of thiocarbonyl (C=S) groups is 1. The molecule has 1 atom stereocenters. The fourth-order valence-corrected chi connectivity index (χ4v) is 3.26. The van der Waals surface area contributed by atoms with Crippen LogP contribution in [0.5, 0.6) is 0 Å². The first-order valence-corrected chi connectivity index (χ1v) is 8.91. The zero-order valence-corrected chi connectivity index (χ0v) is 15.8. The number of hydrogen-bond acceptors (Lipinski definition) is 3. The third kappa shape index (κ3) is 3.58. The van der Waals surface area contributed by atoms with Gasteiger partial charge in [0, 0.05) is 5.69 Å². The lowest BCUT2D eigenvalue weighted by atomic mass is 9.87. The summed E-state index contributed by atoms with van der Waals surface area (Å²) in [4.78, 5) is 25.4. The number of amides is 3. The van der Waals surface area contributed by atoms with Crippen LogP contribution in [-0.2, 0) is 10.3 Å². The van der Waals surface area contributed by atoms with Gasteiger partial charge in [0.15, 0.2) is 5.11 Å². The Morgan fingerprint density at radius 2 is 1.96 bits per heavy atom. The molecule has 1 saturated heterocycles. The van der Waals surface area contributed by atoms with Gasteiger partial charge in [-0.3, -0.25) is 10.2 Å². The van der Waals surface area contributed by atoms with Crippen molar-refractivity contribution in [3.05, 3.63) is 64.9 Å². The third-order valence-electron chi connectivity index (χ3n) is 4.28. The number of benzene rings is 2. The van der Waals surface area contributed by atoms with Crippen LogP contribution in [0.15, 0.2) is 48.5 Å². The standard InChI is InChI=1S/C18H16ClFN4O2S/c1-2-18(11-6-4-3-5-7-11)15(25)24(17(26)22-18)23-16(27)21-12-8-9-14(20)13(19)10-12/h3-10H,2H2,1H3,(H,22,26)(H2,21,23,27)/t18-/m0/s1. The summed E-state index contributed by atoms with van der Waals surface area (Å²) in [7, 11) is 0. The molecule has 2 aromatic carbocycles. The number of urea groups is 1. The number of rotatable bonds is 4. The van der Waals surface area contributed by atoms with E-state index in [2.05, 4.69) is 16.1 Å². The van der Waals surface area contributed by atoms with Gasteiger partial charge in [-0.25, -0.2) is 9.18 Å². The van der Waals surface area contributed by atoms with Gasteiger partial charge in [0.2, 0.25) is 0 Å². The van der Waals surface area contributed by atoms with Crippen molar-refractivity contribution in [3.8, 4) is 0 Å². The van der Waals surface area contributed by atoms with Crippen LogP contribution in [0.2, 0.25) is 5.02 Å². The van der Waals surface area contributed by atoms with Crippen molar-refractivity contribution in [2.24, 2.45) is 0 Å². The van der Waals surface area contributed by atoms with Crippen molar-refractivity contribution in [3.63, 3.8) is 0 Å². The molecular formula is C18H16ClFN4O2S. The van der Waals surface area contributed by atoms with Crippen LogP contribution in [0.1, 0.15) is 18.9 Å². The molecule has 0 aliphatic carbocycles. The van der Waals surface area contributed by atoms with E-state index in [1.54, 1.807) is 24.3 Å². The molecule has 6 nitrogen and oxygen atoms in total. The number of carbonyl (C=O) groups excluding carboxylic acids is 2. The summed E-state index contributed by atoms with van der Waals surface area (Å²) in [6, 6.07) is 12.3. The molecule has 27 heavy (non-hydrogen) atoms. The summed E-state index contributed by atoms with van der Waals surface area (Å²) >= 11 is 10.9. The van der Waals surface area contributed by atoms with Gasteiger partial charge in [0.05, 0.1) is 5.02 Å². The molecule has 0 unspecified atom stereocenters. The van der Waals surface area contributed by atoms with E-state index in [1.807, 2.05) is 13.0 Å². The SMILES string of the molecule is CC[C@@]1(c2ccccc2)NC(=O)N(NC(=S)Nc2ccc(F)c(Cl)c2)C1=O. The molecule has 1 aliphatic heterocycles. The minimum Gasteiger partial charge on any atom is -0.331 e. The molecule has 0 spiro atoms. The predicted molar refractivity (Wildman–Crippen MR) is 105 cm³/mol. The molecule has 1 fully saturated rings. The van der Waals surface area contributed by atoms with Crippen LogP contribution in [-0.4, -0.2) is 22.1 Å². The molecule has 3 amide bonds. The molecule has 140 valence electrons. The number of carbonyl (C=O) groups is 2. The minimum absolute atomic E-state index is 0.0128. The summed E-state index contributed by atoms with van der Waals surface area (Å²) in [5, 5.41) is 6.23. The quantitative estimate of drug-likeness (QED) is 0.535. The predicted octanol–water partition coefficient (Wildman–Crippen LogP) is 3.54. The van der Waals surface area contributed by atoms with Crippen molar-refractivity contribution < 1.29 is 14.0 Å². The van der Waals surface area contributed by atoms with E-state index in [0.717, 1.165) is 5.01 Å². The zero-order chi connectivity index (χ0) is 19.6. The summed E-state index contributed by atoms with van der Waals surface area (Å²) in [6.07, 6.45) is 0.369. The Morgan fingerprint density at radius 3 is 2.59 bits per heavy atom. The Labute approximate surface area is 165 Å². The second kappa shape index (κ2) is 7.50. The van der Waals surface area contributed by atoms with E-state index in [1.165, 1.54) is 18.2 Å². The van der Waals surface area contributed by atoms with Crippen LogP contribution in [0.25, 0.3) is 0 Å². The summed E-state index contributed by atoms with van der Waals surface area (Å²) in [5.41, 5.74) is 2.50. The molecule has 1 aliphatic rings. The molecule has 2 aromatic rings. The molecule has 0 aromatic heterocycles. The van der Waals surface area contributed by atoms with Gasteiger partial charge >= 0.3 is 6.03 Å². The molecule has 0 radical (unpaired) electrons. The Hall–Kier alpha value is -2.71. The molecule has 0 saturated carbocycles. The monoisotopic (exact) mass is 406 g/mol. The normalized spacial score (nSPS) is 19.0. The number of nitrogens with zero attached hydrogens (tertiary/aromatic N) is 1. The number of nitrogens with one attached hydrogen (secondary N) is 3. The van der Waals surface area contributed by atoms with Crippen LogP contribution in [0.4, 0.5) is 14.9 Å². The first-order valence-electron chi connectivity index (χ1n) is 8.12. The maximum Gasteiger partial charge on any atom is 0.344 e. The first kappa shape index (κ1) is 19.1. The summed E-state index contributed by atoms with van der Waals surface area (Å²) in [5.74, 6) is -1.03. The van der Waals surface area contributed by atoms with Crippen LogP contribution in [0, 0.1) is 5.82 Å². The van der Waals surface area contributed by atoms with Crippen LogP contribution in [0.3, 0.4) is 0 Å². The fraction of sp³-hybridized carbons (Fsp3) is 0.167. The highest BCUT2D eigenvalue weighted by Crippen LogP contribution is 2.31. The number of hydrogen-bond donors (Lipinski definition) is 3. The Morgan fingerprint density at radius 1 is 1.26 bits per heavy atom. The van der Waals surface area contributed by atoms with Gasteiger partial charge in [-0.15, -0.1) is 0 Å². The van der Waals surface area contributed by atoms with E-state index in [-0.39, 0.29) is 10.1 Å². The Bertz CT molecular complexity index is 911. The van der Waals surface area contributed by atoms with Crippen molar-refractivity contribution in [1.29, 1.82) is 0 Å². The van der Waals surface area contributed by atoms with Gasteiger partial charge in [0.25, 0.3) is 5.91 Å². The maximum absolute atomic E-state index is 13.2. The van der Waals surface area contributed by atoms with Crippen molar-refractivity contribution in [2.75, 3.05) is 5.32 Å². The van der Waals surface area contributed by atoms with Gasteiger partial charge < -0.3 is 10.6 Å². The highest BCUT2D eigenvalue weighted by molar-refractivity contribution is 7.80. The van der Waals surface area contributed by atoms with E-state index in [0.29, 0.717) is 17.7 Å². The highest BCUT2D eigenvalue weighted by Gasteiger charge is 2.51. The molecule has 3 N–H and O–H groups in total. The first-order chi connectivity index (χ1) is 12.9. The maximum atomic E-state index is 13.2. The van der Waals surface area contributed by atoms with Gasteiger partial charge in [-0.1, -0.05) is 48.9 Å². The lowest BCUT2D eigenvalue weighted by Gasteiger charge is -2.25. The third-order valence-corrected chi connectivity index (χ3v) is 4.76. The molecular weight excluding hydrogens is 391 g/mol. The fourth-order valence-electron chi connectivity index (χ4n) is 2.87.